The van der Waals surface area contributed by atoms with E-state index in [1.807, 2.05) is 12.1 Å². The largest absolute Gasteiger partial charge is 0.493 e. The van der Waals surface area contributed by atoms with Crippen LogP contribution in [-0.4, -0.2) is 32.3 Å². The number of hydrogen-bond acceptors (Lipinski definition) is 4. The van der Waals surface area contributed by atoms with Crippen molar-refractivity contribution in [3.8, 4) is 17.2 Å². The first-order valence-corrected chi connectivity index (χ1v) is 10.2. The van der Waals surface area contributed by atoms with E-state index in [2.05, 4.69) is 15.9 Å². The predicted octanol–water partition coefficient (Wildman–Crippen LogP) is 5.28. The molecule has 0 N–H and O–H groups in total. The highest BCUT2D eigenvalue weighted by atomic mass is 79.9. The van der Waals surface area contributed by atoms with Crippen molar-refractivity contribution in [2.45, 2.75) is 62.0 Å². The zero-order chi connectivity index (χ0) is 17.8. The molecule has 1 saturated carbocycles. The second kappa shape index (κ2) is 8.63. The Morgan fingerprint density at radius 1 is 0.920 bits per heavy atom. The van der Waals surface area contributed by atoms with E-state index in [1.165, 1.54) is 32.1 Å². The molecule has 1 aliphatic heterocycles. The van der Waals surface area contributed by atoms with Crippen LogP contribution in [0.25, 0.3) is 0 Å². The Morgan fingerprint density at radius 2 is 1.56 bits per heavy atom. The van der Waals surface area contributed by atoms with E-state index in [0.717, 1.165) is 18.4 Å². The van der Waals surface area contributed by atoms with Crippen LogP contribution in [0.15, 0.2) is 12.1 Å². The van der Waals surface area contributed by atoms with Gasteiger partial charge in [-0.2, -0.15) is 0 Å². The Balaban J connectivity index is 1.84. The maximum absolute atomic E-state index is 6.57. The molecule has 5 heteroatoms. The molecule has 0 spiro atoms. The molecule has 1 saturated heterocycles. The topological polar surface area (TPSA) is 36.9 Å². The summed E-state index contributed by atoms with van der Waals surface area (Å²) in [5, 5.41) is 0. The average molecular weight is 413 g/mol. The van der Waals surface area contributed by atoms with Crippen molar-refractivity contribution in [2.75, 3.05) is 21.3 Å². The lowest BCUT2D eigenvalue weighted by atomic mass is 9.82. The van der Waals surface area contributed by atoms with Gasteiger partial charge in [0.2, 0.25) is 5.75 Å². The Kier molecular flexibility index (Phi) is 6.50. The number of rotatable bonds is 5. The fourth-order valence-corrected chi connectivity index (χ4v) is 4.92. The lowest BCUT2D eigenvalue weighted by Gasteiger charge is -2.39. The lowest BCUT2D eigenvalue weighted by molar-refractivity contribution is -0.0828. The van der Waals surface area contributed by atoms with Crippen molar-refractivity contribution in [1.29, 1.82) is 0 Å². The van der Waals surface area contributed by atoms with Gasteiger partial charge in [-0.3, -0.25) is 0 Å². The fraction of sp³-hybridized carbons (Fsp3) is 0.700. The quantitative estimate of drug-likeness (QED) is 0.616. The van der Waals surface area contributed by atoms with Gasteiger partial charge in [-0.05, 0) is 49.3 Å². The molecule has 1 heterocycles. The van der Waals surface area contributed by atoms with Crippen molar-refractivity contribution < 1.29 is 18.9 Å². The molecule has 0 amide bonds. The molecule has 0 bridgehead atoms. The van der Waals surface area contributed by atoms with Gasteiger partial charge in [0.25, 0.3) is 0 Å². The summed E-state index contributed by atoms with van der Waals surface area (Å²) in [4.78, 5) is 0.484. The van der Waals surface area contributed by atoms with Crippen molar-refractivity contribution in [3.05, 3.63) is 17.7 Å². The molecule has 3 atom stereocenters. The van der Waals surface area contributed by atoms with Crippen LogP contribution in [0.3, 0.4) is 0 Å². The number of hydrogen-bond donors (Lipinski definition) is 0. The summed E-state index contributed by atoms with van der Waals surface area (Å²) in [6.45, 7) is 0. The van der Waals surface area contributed by atoms with Gasteiger partial charge in [-0.1, -0.05) is 35.2 Å². The highest BCUT2D eigenvalue weighted by Gasteiger charge is 2.35. The van der Waals surface area contributed by atoms with Crippen LogP contribution in [0, 0.1) is 5.92 Å². The molecule has 2 aliphatic rings. The van der Waals surface area contributed by atoms with Crippen LogP contribution in [-0.2, 0) is 4.74 Å². The van der Waals surface area contributed by atoms with Gasteiger partial charge in [-0.15, -0.1) is 0 Å². The van der Waals surface area contributed by atoms with Crippen LogP contribution >= 0.6 is 15.9 Å². The minimum absolute atomic E-state index is 0.0544. The first-order valence-electron chi connectivity index (χ1n) is 9.25. The molecule has 140 valence electrons. The van der Waals surface area contributed by atoms with Crippen molar-refractivity contribution in [1.82, 2.24) is 0 Å². The first kappa shape index (κ1) is 18.8. The Bertz CT molecular complexity index is 546. The van der Waals surface area contributed by atoms with Crippen LogP contribution in [0.4, 0.5) is 0 Å². The molecule has 3 rings (SSSR count). The fourth-order valence-electron chi connectivity index (χ4n) is 4.21. The van der Waals surface area contributed by atoms with Gasteiger partial charge in [-0.25, -0.2) is 0 Å². The predicted molar refractivity (Wildman–Crippen MR) is 102 cm³/mol. The number of benzene rings is 1. The molecule has 1 aromatic rings. The molecular weight excluding hydrogens is 384 g/mol. The molecule has 1 aliphatic carbocycles. The molecule has 0 unspecified atom stereocenters. The van der Waals surface area contributed by atoms with Gasteiger partial charge in [0.15, 0.2) is 11.5 Å². The SMILES string of the molecule is COc1cc([C@H]2C[C@@H](Br)C[C@@H](C3CCCCC3)O2)cc(OC)c1OC. The third-order valence-electron chi connectivity index (χ3n) is 5.53. The van der Waals surface area contributed by atoms with E-state index in [4.69, 9.17) is 18.9 Å². The second-order valence-corrected chi connectivity index (χ2v) is 8.38. The van der Waals surface area contributed by atoms with Crippen molar-refractivity contribution >= 4 is 15.9 Å². The standard InChI is InChI=1S/C20H29BrO4/c1-22-18-9-14(10-19(23-2)20(18)24-3)17-12-15(21)11-16(25-17)13-7-5-4-6-8-13/h9-10,13,15-17H,4-8,11-12H2,1-3H3/t15-,16-,17+/m0/s1. The van der Waals surface area contributed by atoms with Gasteiger partial charge in [0.05, 0.1) is 33.5 Å². The van der Waals surface area contributed by atoms with Crippen LogP contribution in [0.5, 0.6) is 17.2 Å². The van der Waals surface area contributed by atoms with Crippen LogP contribution in [0.1, 0.15) is 56.6 Å². The van der Waals surface area contributed by atoms with Gasteiger partial charge < -0.3 is 18.9 Å². The highest BCUT2D eigenvalue weighted by molar-refractivity contribution is 9.09. The molecule has 1 aromatic carbocycles. The monoisotopic (exact) mass is 412 g/mol. The normalized spacial score (nSPS) is 27.8. The van der Waals surface area contributed by atoms with Crippen LogP contribution < -0.4 is 14.2 Å². The summed E-state index contributed by atoms with van der Waals surface area (Å²) < 4.78 is 23.0. The second-order valence-electron chi connectivity index (χ2n) is 7.09. The van der Waals surface area contributed by atoms with Crippen molar-refractivity contribution in [3.63, 3.8) is 0 Å². The van der Waals surface area contributed by atoms with Gasteiger partial charge in [0.1, 0.15) is 0 Å². The minimum atomic E-state index is 0.0544. The summed E-state index contributed by atoms with van der Waals surface area (Å²) in [5.74, 6) is 2.69. The maximum Gasteiger partial charge on any atom is 0.203 e. The van der Waals surface area contributed by atoms with E-state index < -0.39 is 0 Å². The molecular formula is C20H29BrO4. The minimum Gasteiger partial charge on any atom is -0.493 e. The number of methoxy groups -OCH3 is 3. The van der Waals surface area contributed by atoms with E-state index in [-0.39, 0.29) is 6.10 Å². The smallest absolute Gasteiger partial charge is 0.203 e. The number of alkyl halides is 1. The summed E-state index contributed by atoms with van der Waals surface area (Å²) >= 11 is 3.87. The first-order chi connectivity index (χ1) is 12.2. The molecule has 0 radical (unpaired) electrons. The van der Waals surface area contributed by atoms with Gasteiger partial charge >= 0.3 is 0 Å². The Hall–Kier alpha value is -0.940. The lowest BCUT2D eigenvalue weighted by Crippen LogP contribution is -2.35. The van der Waals surface area contributed by atoms with Gasteiger partial charge in [0, 0.05) is 4.83 Å². The number of halogens is 1. The van der Waals surface area contributed by atoms with E-state index >= 15 is 0 Å². The Morgan fingerprint density at radius 3 is 2.12 bits per heavy atom. The zero-order valence-corrected chi connectivity index (χ0v) is 17.0. The molecule has 4 nitrogen and oxygen atoms in total. The molecule has 0 aromatic heterocycles. The number of ether oxygens (including phenoxy) is 4. The molecule has 25 heavy (non-hydrogen) atoms. The summed E-state index contributed by atoms with van der Waals surface area (Å²) in [6.07, 6.45) is 9.10. The third kappa shape index (κ3) is 4.25. The van der Waals surface area contributed by atoms with E-state index in [9.17, 15) is 0 Å². The average Bonchev–Trinajstić information content (AvgIpc) is 2.66. The van der Waals surface area contributed by atoms with Crippen LogP contribution in [0.2, 0.25) is 0 Å². The van der Waals surface area contributed by atoms with E-state index in [1.54, 1.807) is 21.3 Å². The maximum atomic E-state index is 6.57. The highest BCUT2D eigenvalue weighted by Crippen LogP contribution is 2.45. The van der Waals surface area contributed by atoms with Crippen molar-refractivity contribution in [2.24, 2.45) is 5.92 Å². The summed E-state index contributed by atoms with van der Waals surface area (Å²) in [6, 6.07) is 4.05. The summed E-state index contributed by atoms with van der Waals surface area (Å²) in [7, 11) is 4.94. The molecule has 2 fully saturated rings. The zero-order valence-electron chi connectivity index (χ0n) is 15.4. The summed E-state index contributed by atoms with van der Waals surface area (Å²) in [5.41, 5.74) is 1.10. The van der Waals surface area contributed by atoms with E-state index in [0.29, 0.717) is 34.1 Å². The third-order valence-corrected chi connectivity index (χ3v) is 6.28. The Labute approximate surface area is 159 Å².